The molecule has 0 spiro atoms. The second-order valence-corrected chi connectivity index (χ2v) is 10.3. The maximum absolute atomic E-state index is 14.2. The number of unbranched alkanes of at least 4 members (excludes halogenated alkanes) is 2. The standard InChI is InChI=1S/C32H37F5O4/c1-4-5-6-9-23-10-13-26(27(18-23)32(35,36)37)30-19-24-11-12-25(20-29(24)41-30)40-17-8-15-31(33,34)14-7-16-39-21-28(38)22(2)3/h10-13,18-20H,2,4-9,14-17,21H2,1,3H3. The molecule has 3 aromatic rings. The predicted octanol–water partition coefficient (Wildman–Crippen LogP) is 9.59. The molecular formula is C32H37F5O4. The fourth-order valence-corrected chi connectivity index (χ4v) is 4.38. The Balaban J connectivity index is 1.56. The lowest BCUT2D eigenvalue weighted by molar-refractivity contribution is -0.137. The maximum Gasteiger partial charge on any atom is 0.417 e. The van der Waals surface area contributed by atoms with Crippen LogP contribution >= 0.6 is 0 Å². The summed E-state index contributed by atoms with van der Waals surface area (Å²) in [5, 5.41) is 0.603. The fourth-order valence-electron chi connectivity index (χ4n) is 4.38. The van der Waals surface area contributed by atoms with Gasteiger partial charge in [0.05, 0.1) is 12.2 Å². The first-order valence-corrected chi connectivity index (χ1v) is 13.9. The van der Waals surface area contributed by atoms with Gasteiger partial charge in [-0.25, -0.2) is 8.78 Å². The Hall–Kier alpha value is -3.20. The highest BCUT2D eigenvalue weighted by atomic mass is 19.4. The summed E-state index contributed by atoms with van der Waals surface area (Å²) in [6.45, 7) is 7.04. The molecule has 0 saturated carbocycles. The molecule has 0 aliphatic carbocycles. The SMILES string of the molecule is C=C(C)C(=O)COCCCC(F)(F)CCCOc1ccc2cc(-c3ccc(CCCCC)cc3C(F)(F)F)oc2c1. The molecule has 0 N–H and O–H groups in total. The normalized spacial score (nSPS) is 12.2. The zero-order chi connectivity index (χ0) is 30.0. The first kappa shape index (κ1) is 32.3. The number of carbonyl (C=O) groups excluding carboxylic acids is 1. The minimum Gasteiger partial charge on any atom is -0.493 e. The number of alkyl halides is 5. The maximum atomic E-state index is 14.2. The van der Waals surface area contributed by atoms with Crippen molar-refractivity contribution < 1.29 is 40.6 Å². The number of furan rings is 1. The van der Waals surface area contributed by atoms with Crippen LogP contribution in [0.1, 0.15) is 69.9 Å². The lowest BCUT2D eigenvalue weighted by atomic mass is 9.98. The van der Waals surface area contributed by atoms with E-state index in [9.17, 15) is 26.7 Å². The van der Waals surface area contributed by atoms with Crippen LogP contribution in [-0.4, -0.2) is 31.5 Å². The van der Waals surface area contributed by atoms with Crippen molar-refractivity contribution in [2.45, 2.75) is 77.3 Å². The summed E-state index contributed by atoms with van der Waals surface area (Å²) in [7, 11) is 0. The van der Waals surface area contributed by atoms with Crippen LogP contribution < -0.4 is 4.74 Å². The number of ketones is 1. The number of ether oxygens (including phenoxy) is 2. The van der Waals surface area contributed by atoms with Crippen molar-refractivity contribution in [1.29, 1.82) is 0 Å². The molecule has 0 amide bonds. The topological polar surface area (TPSA) is 48.7 Å². The molecule has 0 aliphatic heterocycles. The zero-order valence-corrected chi connectivity index (χ0v) is 23.5. The summed E-state index contributed by atoms with van der Waals surface area (Å²) in [5.74, 6) is -2.68. The van der Waals surface area contributed by atoms with Gasteiger partial charge in [0.25, 0.3) is 0 Å². The molecule has 0 fully saturated rings. The number of halogens is 5. The van der Waals surface area contributed by atoms with Crippen molar-refractivity contribution in [2.75, 3.05) is 19.8 Å². The molecule has 2 aromatic carbocycles. The Morgan fingerprint density at radius 3 is 2.34 bits per heavy atom. The number of Topliss-reactive ketones (excluding diaryl/α,β-unsaturated/α-hetero) is 1. The first-order valence-electron chi connectivity index (χ1n) is 13.9. The number of benzene rings is 2. The average molecular weight is 581 g/mol. The molecule has 4 nitrogen and oxygen atoms in total. The van der Waals surface area contributed by atoms with Crippen LogP contribution in [0.15, 0.2) is 59.0 Å². The molecule has 3 rings (SSSR count). The lowest BCUT2D eigenvalue weighted by Gasteiger charge is -2.16. The molecule has 0 atom stereocenters. The van der Waals surface area contributed by atoms with Gasteiger partial charge in [-0.2, -0.15) is 13.2 Å². The van der Waals surface area contributed by atoms with Crippen molar-refractivity contribution in [2.24, 2.45) is 0 Å². The zero-order valence-electron chi connectivity index (χ0n) is 23.5. The van der Waals surface area contributed by atoms with Crippen molar-refractivity contribution in [1.82, 2.24) is 0 Å². The van der Waals surface area contributed by atoms with E-state index in [1.807, 2.05) is 6.92 Å². The smallest absolute Gasteiger partial charge is 0.417 e. The van der Waals surface area contributed by atoms with E-state index in [2.05, 4.69) is 6.58 Å². The van der Waals surface area contributed by atoms with E-state index in [1.54, 1.807) is 37.3 Å². The van der Waals surface area contributed by atoms with Crippen LogP contribution in [0.25, 0.3) is 22.3 Å². The molecular weight excluding hydrogens is 543 g/mol. The van der Waals surface area contributed by atoms with Gasteiger partial charge in [0.2, 0.25) is 5.92 Å². The number of aryl methyl sites for hydroxylation is 1. The van der Waals surface area contributed by atoms with E-state index >= 15 is 0 Å². The summed E-state index contributed by atoms with van der Waals surface area (Å²) in [6.07, 6.45) is -1.72. The van der Waals surface area contributed by atoms with E-state index in [0.717, 1.165) is 19.3 Å². The first-order chi connectivity index (χ1) is 19.4. The minimum atomic E-state index is -4.54. The highest BCUT2D eigenvalue weighted by Gasteiger charge is 2.35. The molecule has 0 saturated heterocycles. The van der Waals surface area contributed by atoms with Gasteiger partial charge in [0, 0.05) is 36.5 Å². The Kier molecular flexibility index (Phi) is 11.5. The van der Waals surface area contributed by atoms with Crippen molar-refractivity contribution in [3.8, 4) is 17.1 Å². The highest BCUT2D eigenvalue weighted by molar-refractivity contribution is 5.95. The average Bonchev–Trinajstić information content (AvgIpc) is 3.33. The third kappa shape index (κ3) is 9.99. The van der Waals surface area contributed by atoms with Gasteiger partial charge >= 0.3 is 6.18 Å². The molecule has 9 heteroatoms. The molecule has 0 unspecified atom stereocenters. The molecule has 0 aliphatic rings. The van der Waals surface area contributed by atoms with Crippen LogP contribution in [0.5, 0.6) is 5.75 Å². The number of rotatable bonds is 17. The number of carbonyl (C=O) groups is 1. The van der Waals surface area contributed by atoms with Gasteiger partial charge < -0.3 is 13.9 Å². The molecule has 224 valence electrons. The third-order valence-corrected chi connectivity index (χ3v) is 6.71. The van der Waals surface area contributed by atoms with Gasteiger partial charge in [0.1, 0.15) is 23.7 Å². The van der Waals surface area contributed by atoms with Crippen molar-refractivity contribution in [3.05, 3.63) is 65.7 Å². The van der Waals surface area contributed by atoms with Crippen LogP contribution in [0, 0.1) is 0 Å². The van der Waals surface area contributed by atoms with Gasteiger partial charge in [0.15, 0.2) is 5.78 Å². The molecule has 1 aromatic heterocycles. The quantitative estimate of drug-likeness (QED) is 0.0906. The van der Waals surface area contributed by atoms with Crippen LogP contribution in [0.4, 0.5) is 22.0 Å². The number of hydrogen-bond acceptors (Lipinski definition) is 4. The van der Waals surface area contributed by atoms with Crippen LogP contribution in [0.2, 0.25) is 0 Å². The predicted molar refractivity (Wildman–Crippen MR) is 149 cm³/mol. The summed E-state index contributed by atoms with van der Waals surface area (Å²) in [6, 6.07) is 10.7. The largest absolute Gasteiger partial charge is 0.493 e. The Labute approximate surface area is 237 Å². The van der Waals surface area contributed by atoms with Gasteiger partial charge in [-0.1, -0.05) is 38.5 Å². The summed E-state index contributed by atoms with van der Waals surface area (Å²) in [4.78, 5) is 11.4. The number of fused-ring (bicyclic) bond motifs is 1. The summed E-state index contributed by atoms with van der Waals surface area (Å²) >= 11 is 0. The second-order valence-electron chi connectivity index (χ2n) is 10.3. The molecule has 0 bridgehead atoms. The third-order valence-electron chi connectivity index (χ3n) is 6.71. The van der Waals surface area contributed by atoms with E-state index in [0.29, 0.717) is 34.3 Å². The molecule has 1 heterocycles. The minimum absolute atomic E-state index is 0.0366. The Morgan fingerprint density at radius 1 is 0.927 bits per heavy atom. The monoisotopic (exact) mass is 580 g/mol. The molecule has 41 heavy (non-hydrogen) atoms. The second kappa shape index (κ2) is 14.6. The number of hydrogen-bond donors (Lipinski definition) is 0. The Bertz CT molecular complexity index is 1310. The van der Waals surface area contributed by atoms with Crippen LogP contribution in [0.3, 0.4) is 0 Å². The van der Waals surface area contributed by atoms with Gasteiger partial charge in [-0.05, 0) is 68.0 Å². The summed E-state index contributed by atoms with van der Waals surface area (Å²) < 4.78 is 86.5. The highest BCUT2D eigenvalue weighted by Crippen LogP contribution is 2.40. The van der Waals surface area contributed by atoms with Gasteiger partial charge in [-0.3, -0.25) is 4.79 Å². The Morgan fingerprint density at radius 2 is 1.66 bits per heavy atom. The van der Waals surface area contributed by atoms with E-state index < -0.39 is 17.7 Å². The van der Waals surface area contributed by atoms with Crippen LogP contribution in [-0.2, 0) is 22.1 Å². The molecule has 0 radical (unpaired) electrons. The van der Waals surface area contributed by atoms with Gasteiger partial charge in [-0.15, -0.1) is 0 Å². The van der Waals surface area contributed by atoms with E-state index in [4.69, 9.17) is 13.9 Å². The van der Waals surface area contributed by atoms with Crippen molar-refractivity contribution >= 4 is 16.8 Å². The summed E-state index contributed by atoms with van der Waals surface area (Å²) in [5.41, 5.74) is 0.559. The van der Waals surface area contributed by atoms with E-state index in [1.165, 1.54) is 12.1 Å². The lowest BCUT2D eigenvalue weighted by Crippen LogP contribution is -2.18. The fraction of sp³-hybridized carbons (Fsp3) is 0.469. The van der Waals surface area contributed by atoms with E-state index in [-0.39, 0.29) is 62.6 Å². The van der Waals surface area contributed by atoms with Crippen molar-refractivity contribution in [3.63, 3.8) is 0 Å².